The molecule has 1 saturated heterocycles. The minimum absolute atomic E-state index is 0.0177. The summed E-state index contributed by atoms with van der Waals surface area (Å²) in [4.78, 5) is 14.2. The highest BCUT2D eigenvalue weighted by Gasteiger charge is 2.31. The molecule has 0 aromatic rings. The van der Waals surface area contributed by atoms with E-state index in [1.165, 1.54) is 0 Å². The van der Waals surface area contributed by atoms with Gasteiger partial charge in [-0.1, -0.05) is 18.2 Å². The summed E-state index contributed by atoms with van der Waals surface area (Å²) in [7, 11) is 0. The second-order valence-electron chi connectivity index (χ2n) is 4.54. The van der Waals surface area contributed by atoms with Crippen molar-refractivity contribution in [3.05, 3.63) is 24.8 Å². The van der Waals surface area contributed by atoms with Crippen molar-refractivity contribution >= 4 is 5.91 Å². The summed E-state index contributed by atoms with van der Waals surface area (Å²) in [5.41, 5.74) is 0. The van der Waals surface area contributed by atoms with Gasteiger partial charge in [0.2, 0.25) is 5.91 Å². The molecule has 1 N–H and O–H groups in total. The highest BCUT2D eigenvalue weighted by molar-refractivity contribution is 5.79. The van der Waals surface area contributed by atoms with Crippen molar-refractivity contribution in [2.45, 2.75) is 38.6 Å². The number of likely N-dealkylation sites (tertiary alicyclic amines) is 1. The summed E-state index contributed by atoms with van der Waals surface area (Å²) < 4.78 is 0. The van der Waals surface area contributed by atoms with E-state index in [1.807, 2.05) is 24.0 Å². The van der Waals surface area contributed by atoms with Gasteiger partial charge in [0.05, 0.1) is 12.6 Å². The van der Waals surface area contributed by atoms with Gasteiger partial charge >= 0.3 is 0 Å². The van der Waals surface area contributed by atoms with Crippen molar-refractivity contribution in [3.8, 4) is 0 Å². The number of allylic oxidation sites excluding steroid dienone is 3. The maximum Gasteiger partial charge on any atom is 0.226 e. The van der Waals surface area contributed by atoms with Gasteiger partial charge in [0.15, 0.2) is 0 Å². The minimum atomic E-state index is -0.0177. The Balaban J connectivity index is 2.65. The van der Waals surface area contributed by atoms with Crippen LogP contribution in [0.1, 0.15) is 32.6 Å². The number of carbonyl (C=O) groups excluding carboxylic acids is 1. The van der Waals surface area contributed by atoms with E-state index in [4.69, 9.17) is 0 Å². The Bertz CT molecular complexity index is 286. The number of nitrogens with zero attached hydrogens (tertiary/aromatic N) is 1. The van der Waals surface area contributed by atoms with Crippen LogP contribution in [0.15, 0.2) is 24.8 Å². The summed E-state index contributed by atoms with van der Waals surface area (Å²) in [6.45, 7) is 6.54. The van der Waals surface area contributed by atoms with Gasteiger partial charge in [-0.15, -0.1) is 6.58 Å². The fourth-order valence-corrected chi connectivity index (χ4v) is 2.35. The molecule has 0 saturated carbocycles. The van der Waals surface area contributed by atoms with Crippen LogP contribution in [-0.4, -0.2) is 35.1 Å². The molecule has 0 aromatic heterocycles. The molecule has 2 atom stereocenters. The van der Waals surface area contributed by atoms with E-state index in [2.05, 4.69) is 6.58 Å². The van der Waals surface area contributed by atoms with Crippen LogP contribution < -0.4 is 0 Å². The zero-order valence-electron chi connectivity index (χ0n) is 10.6. The molecular weight excluding hydrogens is 214 g/mol. The molecule has 3 nitrogen and oxygen atoms in total. The predicted molar refractivity (Wildman–Crippen MR) is 69.6 cm³/mol. The van der Waals surface area contributed by atoms with Gasteiger partial charge in [0.25, 0.3) is 0 Å². The monoisotopic (exact) mass is 237 g/mol. The van der Waals surface area contributed by atoms with Crippen molar-refractivity contribution in [1.29, 1.82) is 0 Å². The third kappa shape index (κ3) is 3.70. The lowest BCUT2D eigenvalue weighted by atomic mass is 9.99. The van der Waals surface area contributed by atoms with Crippen molar-refractivity contribution in [3.63, 3.8) is 0 Å². The van der Waals surface area contributed by atoms with E-state index >= 15 is 0 Å². The average molecular weight is 237 g/mol. The van der Waals surface area contributed by atoms with Crippen molar-refractivity contribution in [2.75, 3.05) is 13.2 Å². The van der Waals surface area contributed by atoms with Gasteiger partial charge < -0.3 is 10.0 Å². The Morgan fingerprint density at radius 3 is 2.94 bits per heavy atom. The summed E-state index contributed by atoms with van der Waals surface area (Å²) in [6.07, 6.45) is 9.19. The summed E-state index contributed by atoms with van der Waals surface area (Å²) in [6, 6.07) is 0.0282. The topological polar surface area (TPSA) is 40.5 Å². The number of aliphatic hydroxyl groups excluding tert-OH is 1. The molecule has 1 aliphatic heterocycles. The molecular formula is C14H23NO2. The van der Waals surface area contributed by atoms with Crippen LogP contribution >= 0.6 is 0 Å². The number of aliphatic hydroxyl groups is 1. The molecule has 0 unspecified atom stereocenters. The Labute approximate surface area is 104 Å². The molecule has 1 amide bonds. The first-order valence-corrected chi connectivity index (χ1v) is 6.38. The third-order valence-electron chi connectivity index (χ3n) is 3.33. The lowest BCUT2D eigenvalue weighted by molar-refractivity contribution is -0.136. The average Bonchev–Trinajstić information content (AvgIpc) is 2.81. The van der Waals surface area contributed by atoms with Gasteiger partial charge in [-0.05, 0) is 32.6 Å². The number of hydrogen-bond donors (Lipinski definition) is 1. The van der Waals surface area contributed by atoms with Gasteiger partial charge in [0.1, 0.15) is 0 Å². The van der Waals surface area contributed by atoms with Crippen LogP contribution in [0.2, 0.25) is 0 Å². The van der Waals surface area contributed by atoms with Crippen LogP contribution in [-0.2, 0) is 4.79 Å². The summed E-state index contributed by atoms with van der Waals surface area (Å²) in [5.74, 6) is 0.149. The highest BCUT2D eigenvalue weighted by Crippen LogP contribution is 2.22. The zero-order valence-corrected chi connectivity index (χ0v) is 10.6. The molecule has 1 aliphatic rings. The quantitative estimate of drug-likeness (QED) is 0.719. The Morgan fingerprint density at radius 2 is 2.35 bits per heavy atom. The third-order valence-corrected chi connectivity index (χ3v) is 3.33. The Hall–Kier alpha value is -1.09. The van der Waals surface area contributed by atoms with Crippen LogP contribution in [0.3, 0.4) is 0 Å². The molecule has 0 spiro atoms. The normalized spacial score (nSPS) is 22.0. The standard InChI is InChI=1S/C14H23NO2/c1-3-5-8-12(7-4-2)14(17)15-10-6-9-13(15)11-16/h3-5,12-13,16H,2,6-11H2,1H3/b5-3+/t12-,13-/m0/s1. The Morgan fingerprint density at radius 1 is 1.59 bits per heavy atom. The van der Waals surface area contributed by atoms with Gasteiger partial charge in [0, 0.05) is 12.5 Å². The van der Waals surface area contributed by atoms with Gasteiger partial charge in [-0.25, -0.2) is 0 Å². The second kappa shape index (κ2) is 7.28. The van der Waals surface area contributed by atoms with Crippen LogP contribution in [0.4, 0.5) is 0 Å². The van der Waals surface area contributed by atoms with Crippen molar-refractivity contribution in [2.24, 2.45) is 5.92 Å². The molecule has 96 valence electrons. The second-order valence-corrected chi connectivity index (χ2v) is 4.54. The smallest absolute Gasteiger partial charge is 0.226 e. The first-order valence-electron chi connectivity index (χ1n) is 6.38. The van der Waals surface area contributed by atoms with Gasteiger partial charge in [-0.3, -0.25) is 4.79 Å². The van der Waals surface area contributed by atoms with E-state index in [1.54, 1.807) is 6.08 Å². The maximum absolute atomic E-state index is 12.3. The van der Waals surface area contributed by atoms with Crippen LogP contribution in [0.5, 0.6) is 0 Å². The predicted octanol–water partition coefficient (Wildman–Crippen LogP) is 2.13. The number of amides is 1. The lowest BCUT2D eigenvalue weighted by Gasteiger charge is -2.27. The van der Waals surface area contributed by atoms with Crippen molar-refractivity contribution in [1.82, 2.24) is 4.90 Å². The molecule has 1 heterocycles. The molecule has 1 fully saturated rings. The van der Waals surface area contributed by atoms with Crippen molar-refractivity contribution < 1.29 is 9.90 Å². The minimum Gasteiger partial charge on any atom is -0.394 e. The summed E-state index contributed by atoms with van der Waals surface area (Å²) in [5, 5.41) is 9.25. The highest BCUT2D eigenvalue weighted by atomic mass is 16.3. The number of hydrogen-bond acceptors (Lipinski definition) is 2. The van der Waals surface area contributed by atoms with E-state index in [9.17, 15) is 9.90 Å². The molecule has 17 heavy (non-hydrogen) atoms. The molecule has 0 radical (unpaired) electrons. The molecule has 1 rings (SSSR count). The molecule has 3 heteroatoms. The zero-order chi connectivity index (χ0) is 12.7. The largest absolute Gasteiger partial charge is 0.394 e. The Kier molecular flexibility index (Phi) is 5.98. The van der Waals surface area contributed by atoms with E-state index in [0.717, 1.165) is 25.8 Å². The van der Waals surface area contributed by atoms with Gasteiger partial charge in [-0.2, -0.15) is 0 Å². The van der Waals surface area contributed by atoms with Crippen LogP contribution in [0, 0.1) is 5.92 Å². The molecule has 0 bridgehead atoms. The van der Waals surface area contributed by atoms with E-state index in [-0.39, 0.29) is 24.5 Å². The fourth-order valence-electron chi connectivity index (χ4n) is 2.35. The fraction of sp³-hybridized carbons (Fsp3) is 0.643. The first kappa shape index (κ1) is 14.0. The van der Waals surface area contributed by atoms with E-state index in [0.29, 0.717) is 6.42 Å². The van der Waals surface area contributed by atoms with Crippen LogP contribution in [0.25, 0.3) is 0 Å². The molecule has 0 aliphatic carbocycles. The SMILES string of the molecule is C=CC[C@@H](C/C=C/C)C(=O)N1CCC[C@H]1CO. The summed E-state index contributed by atoms with van der Waals surface area (Å²) >= 11 is 0. The maximum atomic E-state index is 12.3. The van der Waals surface area contributed by atoms with E-state index < -0.39 is 0 Å². The first-order chi connectivity index (χ1) is 8.24. The molecule has 0 aromatic carbocycles. The number of rotatable bonds is 6. The number of carbonyl (C=O) groups is 1. The lowest BCUT2D eigenvalue weighted by Crippen LogP contribution is -2.41.